The zero-order valence-corrected chi connectivity index (χ0v) is 13.8. The number of amides is 1. The lowest BCUT2D eigenvalue weighted by molar-refractivity contribution is 0.0917. The number of rotatable bonds is 3. The van der Waals surface area contributed by atoms with Crippen LogP contribution < -0.4 is 11.1 Å². The second-order valence-electron chi connectivity index (χ2n) is 5.73. The van der Waals surface area contributed by atoms with Gasteiger partial charge in [-0.05, 0) is 37.5 Å². The summed E-state index contributed by atoms with van der Waals surface area (Å²) in [6.45, 7) is 1.85. The van der Waals surface area contributed by atoms with Gasteiger partial charge in [0.05, 0.1) is 10.5 Å². The maximum atomic E-state index is 12.6. The molecular weight excluding hydrogens is 304 g/mol. The highest BCUT2D eigenvalue weighted by Crippen LogP contribution is 2.28. The molecule has 0 saturated heterocycles. The summed E-state index contributed by atoms with van der Waals surface area (Å²) >= 11 is 11.3. The van der Waals surface area contributed by atoms with Gasteiger partial charge in [0.15, 0.2) is 0 Å². The molecule has 0 bridgehead atoms. The molecule has 1 aromatic carbocycles. The standard InChI is InChI=1S/C16H21ClN2OS/c1-11-12(7-6-8-13(11)17)14(20)19-16(15(18)21)9-4-2-3-5-10-16/h6-8H,2-5,9-10H2,1H3,(H2,18,21)(H,19,20). The Morgan fingerprint density at radius 1 is 1.29 bits per heavy atom. The van der Waals surface area contributed by atoms with Crippen LogP contribution in [-0.4, -0.2) is 16.4 Å². The van der Waals surface area contributed by atoms with E-state index in [0.717, 1.165) is 44.1 Å². The first-order valence-electron chi connectivity index (χ1n) is 7.34. The molecule has 0 atom stereocenters. The van der Waals surface area contributed by atoms with E-state index >= 15 is 0 Å². The van der Waals surface area contributed by atoms with Crippen molar-refractivity contribution < 1.29 is 4.79 Å². The Morgan fingerprint density at radius 2 is 1.90 bits per heavy atom. The predicted octanol–water partition coefficient (Wildman–Crippen LogP) is 3.76. The van der Waals surface area contributed by atoms with E-state index in [9.17, 15) is 4.79 Å². The summed E-state index contributed by atoms with van der Waals surface area (Å²) in [5.74, 6) is -0.148. The molecule has 5 heteroatoms. The second-order valence-corrected chi connectivity index (χ2v) is 6.57. The van der Waals surface area contributed by atoms with Gasteiger partial charge < -0.3 is 11.1 Å². The average molecular weight is 325 g/mol. The SMILES string of the molecule is Cc1c(Cl)cccc1C(=O)NC1(C(N)=S)CCCCCC1. The van der Waals surface area contributed by atoms with Gasteiger partial charge in [0.25, 0.3) is 5.91 Å². The van der Waals surface area contributed by atoms with Crippen molar-refractivity contribution in [2.24, 2.45) is 5.73 Å². The summed E-state index contributed by atoms with van der Waals surface area (Å²) < 4.78 is 0. The van der Waals surface area contributed by atoms with Crippen LogP contribution in [0.2, 0.25) is 5.02 Å². The van der Waals surface area contributed by atoms with Crippen LogP contribution in [0.3, 0.4) is 0 Å². The van der Waals surface area contributed by atoms with E-state index in [4.69, 9.17) is 29.6 Å². The van der Waals surface area contributed by atoms with Crippen molar-refractivity contribution in [3.8, 4) is 0 Å². The van der Waals surface area contributed by atoms with Gasteiger partial charge in [-0.25, -0.2) is 0 Å². The van der Waals surface area contributed by atoms with Crippen molar-refractivity contribution in [2.45, 2.75) is 51.0 Å². The van der Waals surface area contributed by atoms with Gasteiger partial charge in [-0.15, -0.1) is 0 Å². The molecule has 0 heterocycles. The fourth-order valence-corrected chi connectivity index (χ4v) is 3.33. The normalized spacial score (nSPS) is 17.8. The number of nitrogens with two attached hydrogens (primary N) is 1. The van der Waals surface area contributed by atoms with Crippen LogP contribution in [0.5, 0.6) is 0 Å². The van der Waals surface area contributed by atoms with E-state index in [0.29, 0.717) is 15.6 Å². The van der Waals surface area contributed by atoms with Crippen molar-refractivity contribution in [1.82, 2.24) is 5.32 Å². The topological polar surface area (TPSA) is 55.1 Å². The zero-order chi connectivity index (χ0) is 15.5. The molecule has 2 rings (SSSR count). The molecule has 1 aliphatic carbocycles. The van der Waals surface area contributed by atoms with Crippen LogP contribution in [0.25, 0.3) is 0 Å². The van der Waals surface area contributed by atoms with Gasteiger partial charge in [0.2, 0.25) is 0 Å². The Balaban J connectivity index is 2.26. The highest BCUT2D eigenvalue weighted by molar-refractivity contribution is 7.80. The lowest BCUT2D eigenvalue weighted by Crippen LogP contribution is -2.56. The molecule has 1 aromatic rings. The van der Waals surface area contributed by atoms with Crippen LogP contribution in [0.4, 0.5) is 0 Å². The van der Waals surface area contributed by atoms with Crippen LogP contribution in [0, 0.1) is 6.92 Å². The number of carbonyl (C=O) groups excluding carboxylic acids is 1. The molecule has 114 valence electrons. The summed E-state index contributed by atoms with van der Waals surface area (Å²) in [6.07, 6.45) is 6.02. The molecule has 0 spiro atoms. The van der Waals surface area contributed by atoms with Crippen molar-refractivity contribution >= 4 is 34.7 Å². The fourth-order valence-electron chi connectivity index (χ4n) is 2.90. The summed E-state index contributed by atoms with van der Waals surface area (Å²) in [7, 11) is 0. The van der Waals surface area contributed by atoms with Crippen molar-refractivity contribution in [3.63, 3.8) is 0 Å². The second kappa shape index (κ2) is 6.75. The monoisotopic (exact) mass is 324 g/mol. The van der Waals surface area contributed by atoms with Crippen molar-refractivity contribution in [2.75, 3.05) is 0 Å². The first-order chi connectivity index (χ1) is 9.96. The molecule has 1 fully saturated rings. The van der Waals surface area contributed by atoms with Crippen molar-refractivity contribution in [1.29, 1.82) is 0 Å². The van der Waals surface area contributed by atoms with E-state index in [1.54, 1.807) is 18.2 Å². The van der Waals surface area contributed by atoms with Gasteiger partial charge in [-0.3, -0.25) is 4.79 Å². The average Bonchev–Trinajstić information content (AvgIpc) is 2.68. The van der Waals surface area contributed by atoms with Gasteiger partial charge in [0.1, 0.15) is 0 Å². The summed E-state index contributed by atoms with van der Waals surface area (Å²) in [5, 5.41) is 3.68. The van der Waals surface area contributed by atoms with Gasteiger partial charge in [-0.1, -0.05) is 55.6 Å². The minimum Gasteiger partial charge on any atom is -0.391 e. The van der Waals surface area contributed by atoms with Crippen LogP contribution in [0.1, 0.15) is 54.4 Å². The Bertz CT molecular complexity index is 551. The number of hydrogen-bond acceptors (Lipinski definition) is 2. The maximum Gasteiger partial charge on any atom is 0.252 e. The number of benzene rings is 1. The largest absolute Gasteiger partial charge is 0.391 e. The molecule has 0 aromatic heterocycles. The predicted molar refractivity (Wildman–Crippen MR) is 90.9 cm³/mol. The summed E-state index contributed by atoms with van der Waals surface area (Å²) in [5.41, 5.74) is 6.77. The highest BCUT2D eigenvalue weighted by atomic mass is 35.5. The van der Waals surface area contributed by atoms with Crippen LogP contribution in [-0.2, 0) is 0 Å². The van der Waals surface area contributed by atoms with Crippen molar-refractivity contribution in [3.05, 3.63) is 34.3 Å². The molecule has 0 unspecified atom stereocenters. The summed E-state index contributed by atoms with van der Waals surface area (Å²) in [4.78, 5) is 13.0. The fraction of sp³-hybridized carbons (Fsp3) is 0.500. The van der Waals surface area contributed by atoms with E-state index in [1.165, 1.54) is 0 Å². The minimum absolute atomic E-state index is 0.148. The molecule has 1 aliphatic rings. The third-order valence-corrected chi connectivity index (χ3v) is 5.09. The molecule has 3 nitrogen and oxygen atoms in total. The number of thiocarbonyl (C=S) groups is 1. The molecule has 1 saturated carbocycles. The molecule has 0 radical (unpaired) electrons. The molecule has 1 amide bonds. The highest BCUT2D eigenvalue weighted by Gasteiger charge is 2.36. The smallest absolute Gasteiger partial charge is 0.252 e. The lowest BCUT2D eigenvalue weighted by Gasteiger charge is -2.33. The van der Waals surface area contributed by atoms with Gasteiger partial charge in [0, 0.05) is 10.6 Å². The molecule has 0 aliphatic heterocycles. The Hall–Kier alpha value is -1.13. The third kappa shape index (κ3) is 3.55. The zero-order valence-electron chi connectivity index (χ0n) is 12.2. The van der Waals surface area contributed by atoms with Gasteiger partial charge in [-0.2, -0.15) is 0 Å². The third-order valence-electron chi connectivity index (χ3n) is 4.29. The summed E-state index contributed by atoms with van der Waals surface area (Å²) in [6, 6.07) is 5.34. The van der Waals surface area contributed by atoms with Gasteiger partial charge >= 0.3 is 0 Å². The molecular formula is C16H21ClN2OS. The Labute approximate surface area is 136 Å². The molecule has 3 N–H and O–H groups in total. The van der Waals surface area contributed by atoms with Crippen LogP contribution in [0.15, 0.2) is 18.2 Å². The number of carbonyl (C=O) groups is 1. The molecule has 21 heavy (non-hydrogen) atoms. The lowest BCUT2D eigenvalue weighted by atomic mass is 9.89. The number of halogens is 1. The number of hydrogen-bond donors (Lipinski definition) is 2. The van der Waals surface area contributed by atoms with Crippen LogP contribution >= 0.6 is 23.8 Å². The maximum absolute atomic E-state index is 12.6. The Morgan fingerprint density at radius 3 is 2.48 bits per heavy atom. The first-order valence-corrected chi connectivity index (χ1v) is 8.12. The van der Waals surface area contributed by atoms with E-state index < -0.39 is 5.54 Å². The first kappa shape index (κ1) is 16.2. The quantitative estimate of drug-likeness (QED) is 0.657. The van der Waals surface area contributed by atoms with E-state index in [-0.39, 0.29) is 5.91 Å². The van der Waals surface area contributed by atoms with E-state index in [1.807, 2.05) is 6.92 Å². The minimum atomic E-state index is -0.558. The Kier molecular flexibility index (Phi) is 5.22. The van der Waals surface area contributed by atoms with E-state index in [2.05, 4.69) is 5.32 Å². The number of nitrogens with one attached hydrogen (secondary N) is 1.